The van der Waals surface area contributed by atoms with Crippen LogP contribution in [0.5, 0.6) is 0 Å². The zero-order valence-corrected chi connectivity index (χ0v) is 8.87. The Labute approximate surface area is 86.7 Å². The summed E-state index contributed by atoms with van der Waals surface area (Å²) in [6.45, 7) is 2.34. The average Bonchev–Trinajstić information content (AvgIpc) is 2.63. The molecule has 1 aliphatic rings. The first-order valence-corrected chi connectivity index (χ1v) is 5.56. The lowest BCUT2D eigenvalue weighted by atomic mass is 10.0. The predicted molar refractivity (Wildman–Crippen MR) is 61.2 cm³/mol. The Morgan fingerprint density at radius 3 is 2.57 bits per heavy atom. The topological polar surface area (TPSA) is 0 Å². The van der Waals surface area contributed by atoms with E-state index in [1.165, 1.54) is 31.2 Å². The minimum Gasteiger partial charge on any atom is -0.0850 e. The van der Waals surface area contributed by atoms with Crippen LogP contribution in [0.2, 0.25) is 0 Å². The van der Waals surface area contributed by atoms with E-state index in [9.17, 15) is 0 Å². The molecule has 1 aromatic carbocycles. The summed E-state index contributed by atoms with van der Waals surface area (Å²) in [5.41, 5.74) is 3.13. The number of hydrogen-bond donors (Lipinski definition) is 0. The van der Waals surface area contributed by atoms with Crippen molar-refractivity contribution in [3.05, 3.63) is 47.5 Å². The third kappa shape index (κ3) is 2.47. The van der Waals surface area contributed by atoms with Crippen molar-refractivity contribution in [3.8, 4) is 0 Å². The number of benzene rings is 1. The molecule has 0 unspecified atom stereocenters. The Hall–Kier alpha value is -1.04. The van der Waals surface area contributed by atoms with Crippen LogP contribution in [0.4, 0.5) is 0 Å². The van der Waals surface area contributed by atoms with Gasteiger partial charge in [-0.05, 0) is 37.2 Å². The van der Waals surface area contributed by atoms with Crippen LogP contribution >= 0.6 is 0 Å². The van der Waals surface area contributed by atoms with Crippen molar-refractivity contribution >= 4 is 0 Å². The summed E-state index contributed by atoms with van der Waals surface area (Å²) < 4.78 is 0. The maximum absolute atomic E-state index is 2.44. The van der Waals surface area contributed by atoms with Crippen LogP contribution in [0.1, 0.15) is 31.7 Å². The Morgan fingerprint density at radius 2 is 1.93 bits per heavy atom. The third-order valence-electron chi connectivity index (χ3n) is 3.00. The number of allylic oxidation sites excluding steroid dienone is 2. The summed E-state index contributed by atoms with van der Waals surface area (Å²) in [5.74, 6) is 0.890. The van der Waals surface area contributed by atoms with Gasteiger partial charge in [0.2, 0.25) is 0 Å². The fourth-order valence-electron chi connectivity index (χ4n) is 2.14. The van der Waals surface area contributed by atoms with Crippen LogP contribution in [-0.4, -0.2) is 0 Å². The van der Waals surface area contributed by atoms with Crippen LogP contribution in [0.25, 0.3) is 0 Å². The van der Waals surface area contributed by atoms with E-state index in [1.807, 2.05) is 0 Å². The maximum Gasteiger partial charge on any atom is -0.0241 e. The molecule has 1 atom stereocenters. The van der Waals surface area contributed by atoms with Gasteiger partial charge in [-0.25, -0.2) is 0 Å². The lowest BCUT2D eigenvalue weighted by Crippen LogP contribution is -1.89. The molecule has 74 valence electrons. The molecule has 0 aromatic heterocycles. The molecule has 0 bridgehead atoms. The molecule has 0 spiro atoms. The highest BCUT2D eigenvalue weighted by atomic mass is 14.2. The first kappa shape index (κ1) is 9.51. The van der Waals surface area contributed by atoms with E-state index in [0.717, 1.165) is 5.92 Å². The Kier molecular flexibility index (Phi) is 3.03. The summed E-state index contributed by atoms with van der Waals surface area (Å²) in [4.78, 5) is 0. The van der Waals surface area contributed by atoms with Crippen molar-refractivity contribution in [3.63, 3.8) is 0 Å². The minimum absolute atomic E-state index is 0.890. The second-order valence-corrected chi connectivity index (χ2v) is 4.39. The second kappa shape index (κ2) is 4.45. The number of aryl methyl sites for hydroxylation is 1. The molecule has 14 heavy (non-hydrogen) atoms. The fourth-order valence-corrected chi connectivity index (χ4v) is 2.14. The summed E-state index contributed by atoms with van der Waals surface area (Å²) in [6.07, 6.45) is 7.53. The SMILES string of the molecule is C[C@@H]1CC=C(CCc2ccccc2)C1. The summed E-state index contributed by atoms with van der Waals surface area (Å²) in [6, 6.07) is 10.8. The molecule has 1 aliphatic carbocycles. The van der Waals surface area contributed by atoms with E-state index in [-0.39, 0.29) is 0 Å². The van der Waals surface area contributed by atoms with Crippen molar-refractivity contribution in [2.75, 3.05) is 0 Å². The van der Waals surface area contributed by atoms with Crippen LogP contribution < -0.4 is 0 Å². The highest BCUT2D eigenvalue weighted by Gasteiger charge is 2.11. The van der Waals surface area contributed by atoms with Gasteiger partial charge >= 0.3 is 0 Å². The second-order valence-electron chi connectivity index (χ2n) is 4.39. The number of rotatable bonds is 3. The smallest absolute Gasteiger partial charge is 0.0241 e. The zero-order chi connectivity index (χ0) is 9.80. The molecule has 0 saturated carbocycles. The molecular formula is C14H18. The van der Waals surface area contributed by atoms with Gasteiger partial charge in [-0.3, -0.25) is 0 Å². The average molecular weight is 186 g/mol. The zero-order valence-electron chi connectivity index (χ0n) is 8.87. The van der Waals surface area contributed by atoms with E-state index in [4.69, 9.17) is 0 Å². The molecule has 0 fully saturated rings. The first-order valence-electron chi connectivity index (χ1n) is 5.56. The van der Waals surface area contributed by atoms with Crippen molar-refractivity contribution in [1.29, 1.82) is 0 Å². The van der Waals surface area contributed by atoms with Crippen molar-refractivity contribution in [2.24, 2.45) is 5.92 Å². The highest BCUT2D eigenvalue weighted by Crippen LogP contribution is 2.27. The van der Waals surface area contributed by atoms with Gasteiger partial charge in [-0.2, -0.15) is 0 Å². The summed E-state index contributed by atoms with van der Waals surface area (Å²) in [5, 5.41) is 0. The lowest BCUT2D eigenvalue weighted by molar-refractivity contribution is 0.619. The van der Waals surface area contributed by atoms with E-state index in [1.54, 1.807) is 5.57 Å². The quantitative estimate of drug-likeness (QED) is 0.626. The van der Waals surface area contributed by atoms with Crippen LogP contribution in [0.3, 0.4) is 0 Å². The largest absolute Gasteiger partial charge is 0.0850 e. The Bertz CT molecular complexity index is 308. The predicted octanol–water partition coefficient (Wildman–Crippen LogP) is 3.98. The van der Waals surface area contributed by atoms with Crippen molar-refractivity contribution in [2.45, 2.75) is 32.6 Å². The third-order valence-corrected chi connectivity index (χ3v) is 3.00. The van der Waals surface area contributed by atoms with Gasteiger partial charge < -0.3 is 0 Å². The minimum atomic E-state index is 0.890. The molecule has 0 saturated heterocycles. The van der Waals surface area contributed by atoms with Gasteiger partial charge in [-0.1, -0.05) is 48.9 Å². The van der Waals surface area contributed by atoms with Crippen molar-refractivity contribution in [1.82, 2.24) is 0 Å². The van der Waals surface area contributed by atoms with E-state index in [2.05, 4.69) is 43.3 Å². The molecule has 0 heterocycles. The Balaban J connectivity index is 1.84. The lowest BCUT2D eigenvalue weighted by Gasteiger charge is -2.04. The van der Waals surface area contributed by atoms with E-state index in [0.29, 0.717) is 0 Å². The summed E-state index contributed by atoms with van der Waals surface area (Å²) >= 11 is 0. The van der Waals surface area contributed by atoms with Crippen molar-refractivity contribution < 1.29 is 0 Å². The molecule has 0 amide bonds. The molecule has 1 aromatic rings. The van der Waals surface area contributed by atoms with Gasteiger partial charge in [0.1, 0.15) is 0 Å². The fraction of sp³-hybridized carbons (Fsp3) is 0.429. The maximum atomic E-state index is 2.44. The molecule has 2 rings (SSSR count). The van der Waals surface area contributed by atoms with Gasteiger partial charge in [0, 0.05) is 0 Å². The van der Waals surface area contributed by atoms with Crippen LogP contribution in [0.15, 0.2) is 42.0 Å². The number of hydrogen-bond acceptors (Lipinski definition) is 0. The standard InChI is InChI=1S/C14H18/c1-12-7-8-14(11-12)10-9-13-5-3-2-4-6-13/h2-6,8,12H,7,9-11H2,1H3/t12-/m1/s1. The van der Waals surface area contributed by atoms with Crippen LogP contribution in [-0.2, 0) is 6.42 Å². The molecule has 0 radical (unpaired) electrons. The molecule has 0 aliphatic heterocycles. The van der Waals surface area contributed by atoms with Gasteiger partial charge in [0.05, 0.1) is 0 Å². The molecule has 0 nitrogen and oxygen atoms in total. The summed E-state index contributed by atoms with van der Waals surface area (Å²) in [7, 11) is 0. The first-order chi connectivity index (χ1) is 6.84. The van der Waals surface area contributed by atoms with Crippen LogP contribution in [0, 0.1) is 5.92 Å². The highest BCUT2D eigenvalue weighted by molar-refractivity contribution is 5.18. The monoisotopic (exact) mass is 186 g/mol. The Morgan fingerprint density at radius 1 is 1.14 bits per heavy atom. The van der Waals surface area contributed by atoms with Gasteiger partial charge in [0.25, 0.3) is 0 Å². The van der Waals surface area contributed by atoms with Gasteiger partial charge in [0.15, 0.2) is 0 Å². The van der Waals surface area contributed by atoms with E-state index < -0.39 is 0 Å². The van der Waals surface area contributed by atoms with Gasteiger partial charge in [-0.15, -0.1) is 0 Å². The van der Waals surface area contributed by atoms with E-state index >= 15 is 0 Å². The molecular weight excluding hydrogens is 168 g/mol. The molecule has 0 heteroatoms. The molecule has 0 N–H and O–H groups in total. The normalized spacial score (nSPS) is 20.9.